The molecule has 0 radical (unpaired) electrons. The fourth-order valence-electron chi connectivity index (χ4n) is 2.95. The summed E-state index contributed by atoms with van der Waals surface area (Å²) in [4.78, 5) is 33.4. The molecule has 2 heterocycles. The minimum atomic E-state index is -4.01. The summed E-state index contributed by atoms with van der Waals surface area (Å²) in [6.45, 7) is 1.80. The summed E-state index contributed by atoms with van der Waals surface area (Å²) in [6.07, 6.45) is 0. The number of sulfonamides is 1. The van der Waals surface area contributed by atoms with Gasteiger partial charge < -0.3 is 15.3 Å². The van der Waals surface area contributed by atoms with E-state index >= 15 is 0 Å². The van der Waals surface area contributed by atoms with Gasteiger partial charge in [0, 0.05) is 5.69 Å². The van der Waals surface area contributed by atoms with E-state index < -0.39 is 21.6 Å². The molecule has 0 aliphatic rings. The van der Waals surface area contributed by atoms with Gasteiger partial charge in [-0.25, -0.2) is 18.2 Å². The van der Waals surface area contributed by atoms with E-state index in [1.54, 1.807) is 37.3 Å². The van der Waals surface area contributed by atoms with Gasteiger partial charge in [-0.15, -0.1) is 0 Å². The second-order valence-corrected chi connectivity index (χ2v) is 8.24. The van der Waals surface area contributed by atoms with Crippen molar-refractivity contribution in [3.05, 3.63) is 82.4 Å². The van der Waals surface area contributed by atoms with Gasteiger partial charge in [0.15, 0.2) is 0 Å². The monoisotopic (exact) mass is 423 g/mol. The number of rotatable bonds is 5. The molecule has 0 saturated heterocycles. The summed E-state index contributed by atoms with van der Waals surface area (Å²) in [5.41, 5.74) is 1.41. The number of H-pyrrole nitrogens is 2. The van der Waals surface area contributed by atoms with Crippen molar-refractivity contribution in [2.45, 2.75) is 11.8 Å². The van der Waals surface area contributed by atoms with E-state index in [0.717, 1.165) is 5.69 Å². The number of benzene rings is 2. The number of anilines is 2. The molecule has 4 N–H and O–H groups in total. The van der Waals surface area contributed by atoms with E-state index in [1.165, 1.54) is 30.3 Å². The molecule has 2 aromatic heterocycles. The molecule has 0 bridgehead atoms. The standard InChI is InChI=1S/C20H17N5O4S/c1-12-5-4-8-18(21-12)24-19(26)14-6-2-3-7-15(14)25-30(28,29)13-9-10-16-17(11-13)23-20(27)22-16/h2-11,25H,1H3,(H,21,24,26)(H2,22,23,27). The zero-order valence-corrected chi connectivity index (χ0v) is 16.6. The Balaban J connectivity index is 1.64. The zero-order chi connectivity index (χ0) is 21.3. The van der Waals surface area contributed by atoms with Crippen LogP contribution in [0, 0.1) is 6.92 Å². The molecule has 0 spiro atoms. The lowest BCUT2D eigenvalue weighted by Crippen LogP contribution is -2.19. The van der Waals surface area contributed by atoms with Gasteiger partial charge in [0.05, 0.1) is 27.2 Å². The van der Waals surface area contributed by atoms with Crippen LogP contribution in [-0.4, -0.2) is 29.3 Å². The van der Waals surface area contributed by atoms with Gasteiger partial charge in [-0.1, -0.05) is 18.2 Å². The fourth-order valence-corrected chi connectivity index (χ4v) is 4.05. The normalized spacial score (nSPS) is 11.4. The van der Waals surface area contributed by atoms with Crippen molar-refractivity contribution in [1.82, 2.24) is 15.0 Å². The van der Waals surface area contributed by atoms with Crippen molar-refractivity contribution >= 4 is 38.5 Å². The average Bonchev–Trinajstić information content (AvgIpc) is 3.07. The predicted octanol–water partition coefficient (Wildman–Crippen LogP) is 2.61. The average molecular weight is 423 g/mol. The number of fused-ring (bicyclic) bond motifs is 1. The van der Waals surface area contributed by atoms with Crippen LogP contribution in [0.25, 0.3) is 11.0 Å². The number of pyridine rings is 1. The number of nitrogens with one attached hydrogen (secondary N) is 4. The van der Waals surface area contributed by atoms with Crippen LogP contribution in [0.4, 0.5) is 11.5 Å². The van der Waals surface area contributed by atoms with Crippen molar-refractivity contribution in [3.63, 3.8) is 0 Å². The highest BCUT2D eigenvalue weighted by Gasteiger charge is 2.19. The molecule has 0 fully saturated rings. The minimum Gasteiger partial charge on any atom is -0.306 e. The van der Waals surface area contributed by atoms with Gasteiger partial charge in [-0.3, -0.25) is 9.52 Å². The number of aromatic amines is 2. The molecule has 9 nitrogen and oxygen atoms in total. The van der Waals surface area contributed by atoms with Gasteiger partial charge >= 0.3 is 5.69 Å². The molecule has 0 atom stereocenters. The number of aryl methyl sites for hydroxylation is 1. The van der Waals surface area contributed by atoms with Crippen molar-refractivity contribution < 1.29 is 13.2 Å². The van der Waals surface area contributed by atoms with Crippen molar-refractivity contribution in [3.8, 4) is 0 Å². The van der Waals surface area contributed by atoms with Gasteiger partial charge in [0.2, 0.25) is 0 Å². The Morgan fingerprint density at radius 2 is 1.73 bits per heavy atom. The lowest BCUT2D eigenvalue weighted by molar-refractivity contribution is 0.102. The van der Waals surface area contributed by atoms with E-state index in [0.29, 0.717) is 16.9 Å². The third kappa shape index (κ3) is 3.94. The molecule has 30 heavy (non-hydrogen) atoms. The number of imidazole rings is 1. The first-order chi connectivity index (χ1) is 14.3. The number of nitrogens with zero attached hydrogens (tertiary/aromatic N) is 1. The van der Waals surface area contributed by atoms with Crippen LogP contribution >= 0.6 is 0 Å². The Hall–Kier alpha value is -3.92. The maximum Gasteiger partial charge on any atom is 0.323 e. The number of amides is 1. The second kappa shape index (κ2) is 7.48. The minimum absolute atomic E-state index is 0.0548. The van der Waals surface area contributed by atoms with Crippen LogP contribution in [0.2, 0.25) is 0 Å². The highest BCUT2D eigenvalue weighted by atomic mass is 32.2. The van der Waals surface area contributed by atoms with Crippen LogP contribution < -0.4 is 15.7 Å². The molecular weight excluding hydrogens is 406 g/mol. The molecule has 0 unspecified atom stereocenters. The predicted molar refractivity (Wildman–Crippen MR) is 113 cm³/mol. The molecule has 2 aromatic carbocycles. The highest BCUT2D eigenvalue weighted by Crippen LogP contribution is 2.22. The first-order valence-electron chi connectivity index (χ1n) is 8.91. The van der Waals surface area contributed by atoms with E-state index in [2.05, 4.69) is 25.0 Å². The summed E-state index contributed by atoms with van der Waals surface area (Å²) in [5, 5.41) is 2.66. The van der Waals surface area contributed by atoms with Crippen LogP contribution in [0.15, 0.2) is 70.4 Å². The maximum atomic E-state index is 12.9. The number of carbonyl (C=O) groups is 1. The fraction of sp³-hybridized carbons (Fsp3) is 0.0500. The van der Waals surface area contributed by atoms with Crippen LogP contribution in [0.1, 0.15) is 16.1 Å². The summed E-state index contributed by atoms with van der Waals surface area (Å²) in [5.74, 6) is -0.142. The Morgan fingerprint density at radius 3 is 2.53 bits per heavy atom. The van der Waals surface area contributed by atoms with E-state index in [1.807, 2.05) is 0 Å². The van der Waals surface area contributed by atoms with Crippen molar-refractivity contribution in [1.29, 1.82) is 0 Å². The largest absolute Gasteiger partial charge is 0.323 e. The smallest absolute Gasteiger partial charge is 0.306 e. The number of hydrogen-bond donors (Lipinski definition) is 4. The third-order valence-corrected chi connectivity index (χ3v) is 5.71. The van der Waals surface area contributed by atoms with E-state index in [-0.39, 0.29) is 16.1 Å². The Kier molecular flexibility index (Phi) is 4.84. The molecule has 4 aromatic rings. The van der Waals surface area contributed by atoms with Crippen LogP contribution in [0.3, 0.4) is 0 Å². The quantitative estimate of drug-likeness (QED) is 0.391. The summed E-state index contributed by atoms with van der Waals surface area (Å²) >= 11 is 0. The molecule has 0 aliphatic carbocycles. The van der Waals surface area contributed by atoms with E-state index in [9.17, 15) is 18.0 Å². The summed E-state index contributed by atoms with van der Waals surface area (Å²) in [6, 6.07) is 15.7. The van der Waals surface area contributed by atoms with Gasteiger partial charge in [0.1, 0.15) is 5.82 Å². The lowest BCUT2D eigenvalue weighted by Gasteiger charge is -2.13. The van der Waals surface area contributed by atoms with Gasteiger partial charge in [-0.05, 0) is 49.4 Å². The first-order valence-corrected chi connectivity index (χ1v) is 10.4. The SMILES string of the molecule is Cc1cccc(NC(=O)c2ccccc2NS(=O)(=O)c2ccc3[nH]c(=O)[nH]c3c2)n1. The third-order valence-electron chi connectivity index (χ3n) is 4.34. The summed E-state index contributed by atoms with van der Waals surface area (Å²) < 4.78 is 28.2. The molecule has 0 aliphatic heterocycles. The lowest BCUT2D eigenvalue weighted by atomic mass is 10.1. The molecule has 1 amide bonds. The van der Waals surface area contributed by atoms with Crippen molar-refractivity contribution in [2.24, 2.45) is 0 Å². The molecular formula is C20H17N5O4S. The number of para-hydroxylation sites is 1. The van der Waals surface area contributed by atoms with Gasteiger partial charge in [0.25, 0.3) is 15.9 Å². The van der Waals surface area contributed by atoms with Crippen LogP contribution in [0.5, 0.6) is 0 Å². The Morgan fingerprint density at radius 1 is 0.967 bits per heavy atom. The first kappa shape index (κ1) is 19.4. The Bertz CT molecular complexity index is 1420. The molecule has 152 valence electrons. The highest BCUT2D eigenvalue weighted by molar-refractivity contribution is 7.92. The number of carbonyl (C=O) groups excluding carboxylic acids is 1. The van der Waals surface area contributed by atoms with Gasteiger partial charge in [-0.2, -0.15) is 0 Å². The topological polar surface area (TPSA) is 137 Å². The number of hydrogen-bond acceptors (Lipinski definition) is 5. The van der Waals surface area contributed by atoms with Crippen LogP contribution in [-0.2, 0) is 10.0 Å². The molecule has 0 saturated carbocycles. The molecule has 10 heteroatoms. The molecule has 4 rings (SSSR count). The van der Waals surface area contributed by atoms with Crippen molar-refractivity contribution in [2.75, 3.05) is 10.0 Å². The number of aromatic nitrogens is 3. The zero-order valence-electron chi connectivity index (χ0n) is 15.8. The summed E-state index contributed by atoms with van der Waals surface area (Å²) in [7, 11) is -4.01. The van der Waals surface area contributed by atoms with E-state index in [4.69, 9.17) is 0 Å². The second-order valence-electron chi connectivity index (χ2n) is 6.56. The maximum absolute atomic E-state index is 12.9. The Labute approximate surface area is 171 Å².